The molecule has 6 heteroatoms. The third kappa shape index (κ3) is 5.17. The van der Waals surface area contributed by atoms with Crippen LogP contribution in [-0.2, 0) is 14.8 Å². The Hall–Kier alpha value is -1.73. The molecule has 1 atom stereocenters. The summed E-state index contributed by atoms with van der Waals surface area (Å²) in [5, 5.41) is 0. The van der Waals surface area contributed by atoms with Gasteiger partial charge in [0.1, 0.15) is 13.1 Å². The molecule has 0 saturated carbocycles. The molecule has 1 heterocycles. The molecule has 3 rings (SSSR count). The molecule has 0 unspecified atom stereocenters. The van der Waals surface area contributed by atoms with Gasteiger partial charge in [0.15, 0.2) is 0 Å². The van der Waals surface area contributed by atoms with Crippen molar-refractivity contribution in [1.29, 1.82) is 0 Å². The van der Waals surface area contributed by atoms with Crippen molar-refractivity contribution < 1.29 is 18.1 Å². The number of rotatable bonds is 6. The molecule has 1 aliphatic rings. The second-order valence-corrected chi connectivity index (χ2v) is 9.10. The summed E-state index contributed by atoms with van der Waals surface area (Å²) in [6, 6.07) is 13.3. The van der Waals surface area contributed by atoms with Crippen molar-refractivity contribution in [2.75, 3.05) is 32.8 Å². The summed E-state index contributed by atoms with van der Waals surface area (Å²) in [5.74, 6) is 0. The summed E-state index contributed by atoms with van der Waals surface area (Å²) in [4.78, 5) is 1.71. The predicted molar refractivity (Wildman–Crippen MR) is 107 cm³/mol. The van der Waals surface area contributed by atoms with Gasteiger partial charge in [0.25, 0.3) is 0 Å². The van der Waals surface area contributed by atoms with Gasteiger partial charge in [-0.05, 0) is 38.0 Å². The molecule has 1 saturated heterocycles. The number of nitrogens with one attached hydrogen (secondary N) is 2. The minimum Gasteiger partial charge on any atom is -0.370 e. The van der Waals surface area contributed by atoms with Gasteiger partial charge < -0.3 is 9.64 Å². The van der Waals surface area contributed by atoms with Crippen LogP contribution in [0.1, 0.15) is 28.3 Å². The summed E-state index contributed by atoms with van der Waals surface area (Å²) in [5.41, 5.74) is 3.98. The Morgan fingerprint density at radius 3 is 2.26 bits per heavy atom. The van der Waals surface area contributed by atoms with Crippen LogP contribution >= 0.6 is 0 Å². The van der Waals surface area contributed by atoms with Gasteiger partial charge in [-0.15, -0.1) is 0 Å². The standard InChI is InChI=1S/C21H28N2O3S/c1-16-4-7-19(8-5-16)20(15-23-10-12-26-13-11-23)22-27(24,25)21-9-6-17(2)14-18(21)3/h4-9,14,20,22H,10-13,15H2,1-3H3/p+1/t20-/m1/s1. The van der Waals surface area contributed by atoms with Gasteiger partial charge in [0, 0.05) is 0 Å². The fourth-order valence-electron chi connectivity index (χ4n) is 3.53. The lowest BCUT2D eigenvalue weighted by molar-refractivity contribution is -0.909. The van der Waals surface area contributed by atoms with Crippen LogP contribution < -0.4 is 9.62 Å². The second-order valence-electron chi connectivity index (χ2n) is 7.42. The molecule has 2 aromatic rings. The Bertz CT molecular complexity index is 873. The van der Waals surface area contributed by atoms with Crippen molar-refractivity contribution in [2.24, 2.45) is 0 Å². The van der Waals surface area contributed by atoms with E-state index in [-0.39, 0.29) is 6.04 Å². The average molecular weight is 390 g/mol. The molecule has 1 fully saturated rings. The molecule has 0 spiro atoms. The highest BCUT2D eigenvalue weighted by Gasteiger charge is 2.27. The molecule has 27 heavy (non-hydrogen) atoms. The summed E-state index contributed by atoms with van der Waals surface area (Å²) in [7, 11) is -3.61. The maximum absolute atomic E-state index is 13.1. The SMILES string of the molecule is Cc1ccc([C@@H](C[NH+]2CCOCC2)NS(=O)(=O)c2ccc(C)cc2C)cc1. The average Bonchev–Trinajstić information content (AvgIpc) is 2.62. The first kappa shape index (κ1) is 20.0. The van der Waals surface area contributed by atoms with Crippen LogP contribution in [0.15, 0.2) is 47.4 Å². The van der Waals surface area contributed by atoms with E-state index >= 15 is 0 Å². The first-order valence-electron chi connectivity index (χ1n) is 9.42. The largest absolute Gasteiger partial charge is 0.370 e. The fraction of sp³-hybridized carbons (Fsp3) is 0.429. The van der Waals surface area contributed by atoms with Gasteiger partial charge in [-0.3, -0.25) is 0 Å². The van der Waals surface area contributed by atoms with Crippen molar-refractivity contribution in [1.82, 2.24) is 4.72 Å². The Kier molecular flexibility index (Phi) is 6.32. The van der Waals surface area contributed by atoms with Crippen LogP contribution in [0, 0.1) is 20.8 Å². The lowest BCUT2D eigenvalue weighted by Crippen LogP contribution is -3.14. The van der Waals surface area contributed by atoms with E-state index in [0.717, 1.165) is 48.6 Å². The Balaban J connectivity index is 1.88. The number of hydrogen-bond donors (Lipinski definition) is 2. The van der Waals surface area contributed by atoms with E-state index in [4.69, 9.17) is 4.74 Å². The first-order chi connectivity index (χ1) is 12.8. The Labute approximate surface area is 162 Å². The smallest absolute Gasteiger partial charge is 0.241 e. The normalized spacial score (nSPS) is 17.0. The molecule has 0 amide bonds. The predicted octanol–water partition coefficient (Wildman–Crippen LogP) is 1.55. The minimum atomic E-state index is -3.61. The number of quaternary nitrogens is 1. The van der Waals surface area contributed by atoms with Crippen molar-refractivity contribution in [2.45, 2.75) is 31.7 Å². The van der Waals surface area contributed by atoms with Crippen LogP contribution in [0.4, 0.5) is 0 Å². The van der Waals surface area contributed by atoms with Crippen LogP contribution in [-0.4, -0.2) is 41.3 Å². The molecular weight excluding hydrogens is 360 g/mol. The van der Waals surface area contributed by atoms with Gasteiger partial charge in [-0.2, -0.15) is 4.72 Å². The molecule has 5 nitrogen and oxygen atoms in total. The first-order valence-corrected chi connectivity index (χ1v) is 10.9. The quantitative estimate of drug-likeness (QED) is 0.788. The molecule has 2 aromatic carbocycles. The molecule has 0 radical (unpaired) electrons. The number of ether oxygens (including phenoxy) is 1. The van der Waals surface area contributed by atoms with Crippen LogP contribution in [0.2, 0.25) is 0 Å². The molecule has 146 valence electrons. The molecule has 2 N–H and O–H groups in total. The van der Waals surface area contributed by atoms with Gasteiger partial charge in [-0.25, -0.2) is 8.42 Å². The van der Waals surface area contributed by atoms with E-state index < -0.39 is 10.0 Å². The Morgan fingerprint density at radius 2 is 1.63 bits per heavy atom. The number of benzene rings is 2. The highest BCUT2D eigenvalue weighted by molar-refractivity contribution is 7.89. The van der Waals surface area contributed by atoms with Crippen LogP contribution in [0.5, 0.6) is 0 Å². The highest BCUT2D eigenvalue weighted by atomic mass is 32.2. The third-order valence-electron chi connectivity index (χ3n) is 5.09. The van der Waals surface area contributed by atoms with Gasteiger partial charge in [0.2, 0.25) is 10.0 Å². The van der Waals surface area contributed by atoms with E-state index in [1.807, 2.05) is 57.2 Å². The van der Waals surface area contributed by atoms with Crippen molar-refractivity contribution >= 4 is 10.0 Å². The fourth-order valence-corrected chi connectivity index (χ4v) is 4.98. The topological polar surface area (TPSA) is 59.8 Å². The number of sulfonamides is 1. The van der Waals surface area contributed by atoms with Gasteiger partial charge in [-0.1, -0.05) is 47.5 Å². The monoisotopic (exact) mass is 389 g/mol. The van der Waals surface area contributed by atoms with Gasteiger partial charge >= 0.3 is 0 Å². The van der Waals surface area contributed by atoms with Crippen molar-refractivity contribution in [3.05, 3.63) is 64.7 Å². The summed E-state index contributed by atoms with van der Waals surface area (Å²) < 4.78 is 34.6. The lowest BCUT2D eigenvalue weighted by atomic mass is 10.1. The zero-order valence-corrected chi connectivity index (χ0v) is 17.1. The van der Waals surface area contributed by atoms with E-state index in [0.29, 0.717) is 11.4 Å². The second kappa shape index (κ2) is 8.52. The number of aryl methyl sites for hydroxylation is 3. The highest BCUT2D eigenvalue weighted by Crippen LogP contribution is 2.20. The van der Waals surface area contributed by atoms with E-state index in [1.54, 1.807) is 6.07 Å². The zero-order chi connectivity index (χ0) is 19.4. The summed E-state index contributed by atoms with van der Waals surface area (Å²) in [6.07, 6.45) is 0. The van der Waals surface area contributed by atoms with E-state index in [1.165, 1.54) is 4.90 Å². The molecule has 0 bridgehead atoms. The van der Waals surface area contributed by atoms with Crippen molar-refractivity contribution in [3.63, 3.8) is 0 Å². The number of hydrogen-bond acceptors (Lipinski definition) is 3. The van der Waals surface area contributed by atoms with E-state index in [2.05, 4.69) is 4.72 Å². The van der Waals surface area contributed by atoms with Crippen LogP contribution in [0.25, 0.3) is 0 Å². The lowest BCUT2D eigenvalue weighted by Gasteiger charge is -2.28. The molecule has 0 aliphatic carbocycles. The molecular formula is C21H29N2O3S+. The maximum atomic E-state index is 13.1. The van der Waals surface area contributed by atoms with Crippen molar-refractivity contribution in [3.8, 4) is 0 Å². The zero-order valence-electron chi connectivity index (χ0n) is 16.3. The van der Waals surface area contributed by atoms with Gasteiger partial charge in [0.05, 0.1) is 30.7 Å². The molecule has 0 aromatic heterocycles. The maximum Gasteiger partial charge on any atom is 0.241 e. The van der Waals surface area contributed by atoms with E-state index in [9.17, 15) is 8.42 Å². The summed E-state index contributed by atoms with van der Waals surface area (Å²) in [6.45, 7) is 9.78. The third-order valence-corrected chi connectivity index (χ3v) is 6.72. The number of morpholine rings is 1. The van der Waals surface area contributed by atoms with Crippen LogP contribution in [0.3, 0.4) is 0 Å². The molecule has 1 aliphatic heterocycles. The minimum absolute atomic E-state index is 0.274. The summed E-state index contributed by atoms with van der Waals surface area (Å²) >= 11 is 0. The Morgan fingerprint density at radius 1 is 1.00 bits per heavy atom.